The molecule has 0 aromatic heterocycles. The van der Waals surface area contributed by atoms with E-state index >= 15 is 0 Å². The molecule has 3 unspecified atom stereocenters. The molecule has 1 aromatic carbocycles. The Hall–Kier alpha value is -0.860. The van der Waals surface area contributed by atoms with Crippen LogP contribution < -0.4 is 5.32 Å². The summed E-state index contributed by atoms with van der Waals surface area (Å²) in [5, 5.41) is 3.40. The van der Waals surface area contributed by atoms with Crippen LogP contribution in [0.1, 0.15) is 45.6 Å². The summed E-state index contributed by atoms with van der Waals surface area (Å²) in [4.78, 5) is 2.74. The van der Waals surface area contributed by atoms with E-state index in [-0.39, 0.29) is 5.41 Å². The highest BCUT2D eigenvalue weighted by Crippen LogP contribution is 2.32. The summed E-state index contributed by atoms with van der Waals surface area (Å²) >= 11 is 0. The Morgan fingerprint density at radius 3 is 2.55 bits per heavy atom. The minimum Gasteiger partial charge on any atom is -0.319 e. The molecular formula is C18H30N2. The van der Waals surface area contributed by atoms with Crippen molar-refractivity contribution in [3.63, 3.8) is 0 Å². The van der Waals surface area contributed by atoms with Gasteiger partial charge in [-0.2, -0.15) is 0 Å². The molecule has 2 nitrogen and oxygen atoms in total. The van der Waals surface area contributed by atoms with Gasteiger partial charge in [0.15, 0.2) is 0 Å². The minimum atomic E-state index is 0.183. The fraction of sp³-hybridized carbons (Fsp3) is 0.667. The van der Waals surface area contributed by atoms with Crippen molar-refractivity contribution in [3.8, 4) is 0 Å². The normalized spacial score (nSPS) is 26.6. The van der Waals surface area contributed by atoms with E-state index in [0.29, 0.717) is 0 Å². The van der Waals surface area contributed by atoms with Crippen molar-refractivity contribution in [3.05, 3.63) is 35.9 Å². The third-order valence-corrected chi connectivity index (χ3v) is 4.99. The average molecular weight is 274 g/mol. The Morgan fingerprint density at radius 2 is 1.95 bits per heavy atom. The molecule has 0 amide bonds. The van der Waals surface area contributed by atoms with Crippen LogP contribution >= 0.6 is 0 Å². The molecule has 1 aliphatic heterocycles. The highest BCUT2D eigenvalue weighted by atomic mass is 15.2. The van der Waals surface area contributed by atoms with Gasteiger partial charge in [0.2, 0.25) is 0 Å². The molecule has 0 bridgehead atoms. The topological polar surface area (TPSA) is 15.3 Å². The average Bonchev–Trinajstić information content (AvgIpc) is 2.81. The summed E-state index contributed by atoms with van der Waals surface area (Å²) in [6.07, 6.45) is 3.99. The molecule has 2 rings (SSSR count). The lowest BCUT2D eigenvalue weighted by Crippen LogP contribution is -2.48. The Balaban J connectivity index is 2.20. The molecule has 1 saturated heterocycles. The molecule has 1 heterocycles. The van der Waals surface area contributed by atoms with Gasteiger partial charge in [0, 0.05) is 30.6 Å². The summed E-state index contributed by atoms with van der Waals surface area (Å²) in [6.45, 7) is 9.29. The van der Waals surface area contributed by atoms with E-state index in [2.05, 4.69) is 68.4 Å². The highest BCUT2D eigenvalue weighted by molar-refractivity contribution is 5.26. The van der Waals surface area contributed by atoms with E-state index in [1.807, 2.05) is 0 Å². The van der Waals surface area contributed by atoms with Crippen molar-refractivity contribution in [2.75, 3.05) is 20.1 Å². The maximum absolute atomic E-state index is 3.40. The molecule has 1 aromatic rings. The third kappa shape index (κ3) is 3.24. The summed E-state index contributed by atoms with van der Waals surface area (Å²) < 4.78 is 0. The second-order valence-electron chi connectivity index (χ2n) is 6.62. The van der Waals surface area contributed by atoms with Crippen molar-refractivity contribution in [1.82, 2.24) is 10.2 Å². The number of rotatable bonds is 6. The number of likely N-dealkylation sites (N-methyl/N-ethyl adjacent to an activating group) is 1. The fourth-order valence-electron chi connectivity index (χ4n) is 3.73. The van der Waals surface area contributed by atoms with E-state index in [1.54, 1.807) is 0 Å². The third-order valence-electron chi connectivity index (χ3n) is 4.99. The lowest BCUT2D eigenvalue weighted by atomic mass is 9.81. The fourth-order valence-corrected chi connectivity index (χ4v) is 3.73. The molecule has 112 valence electrons. The maximum atomic E-state index is 3.40. The number of benzene rings is 1. The van der Waals surface area contributed by atoms with Crippen LogP contribution in [-0.4, -0.2) is 37.1 Å². The zero-order valence-electron chi connectivity index (χ0n) is 13.5. The van der Waals surface area contributed by atoms with E-state index in [4.69, 9.17) is 0 Å². The molecule has 2 heteroatoms. The van der Waals surface area contributed by atoms with Gasteiger partial charge in [0.1, 0.15) is 0 Å². The van der Waals surface area contributed by atoms with Crippen LogP contribution in [0.5, 0.6) is 0 Å². The predicted molar refractivity (Wildman–Crippen MR) is 87.2 cm³/mol. The van der Waals surface area contributed by atoms with E-state index in [9.17, 15) is 0 Å². The van der Waals surface area contributed by atoms with Crippen LogP contribution in [0.3, 0.4) is 0 Å². The Morgan fingerprint density at radius 1 is 1.25 bits per heavy atom. The van der Waals surface area contributed by atoms with Gasteiger partial charge in [-0.1, -0.05) is 44.2 Å². The first-order valence-electron chi connectivity index (χ1n) is 8.06. The molecule has 3 atom stereocenters. The molecule has 0 saturated carbocycles. The number of nitrogens with one attached hydrogen (secondary N) is 1. The largest absolute Gasteiger partial charge is 0.319 e. The number of nitrogens with zero attached hydrogens (tertiary/aromatic N) is 1. The molecular weight excluding hydrogens is 244 g/mol. The van der Waals surface area contributed by atoms with Crippen LogP contribution in [0, 0.1) is 0 Å². The Kier molecular flexibility index (Phi) is 5.22. The minimum absolute atomic E-state index is 0.183. The summed E-state index contributed by atoms with van der Waals surface area (Å²) in [6, 6.07) is 12.5. The Bertz CT molecular complexity index is 403. The first-order valence-corrected chi connectivity index (χ1v) is 8.06. The van der Waals surface area contributed by atoms with Crippen LogP contribution in [0.25, 0.3) is 0 Å². The highest BCUT2D eigenvalue weighted by Gasteiger charge is 2.36. The van der Waals surface area contributed by atoms with Gasteiger partial charge in [0.05, 0.1) is 0 Å². The van der Waals surface area contributed by atoms with Crippen molar-refractivity contribution in [2.45, 2.75) is 57.5 Å². The molecule has 0 aliphatic carbocycles. The van der Waals surface area contributed by atoms with Crippen molar-refractivity contribution in [1.29, 1.82) is 0 Å². The molecule has 0 radical (unpaired) electrons. The molecule has 1 aliphatic rings. The zero-order chi connectivity index (χ0) is 14.6. The number of hydrogen-bond donors (Lipinski definition) is 1. The van der Waals surface area contributed by atoms with Crippen molar-refractivity contribution in [2.24, 2.45) is 0 Å². The lowest BCUT2D eigenvalue weighted by Gasteiger charge is -2.39. The first kappa shape index (κ1) is 15.5. The van der Waals surface area contributed by atoms with Crippen LogP contribution in [0.4, 0.5) is 0 Å². The molecule has 0 spiro atoms. The van der Waals surface area contributed by atoms with Crippen LogP contribution in [0.2, 0.25) is 0 Å². The number of likely N-dealkylation sites (tertiary alicyclic amines) is 1. The summed E-state index contributed by atoms with van der Waals surface area (Å²) in [5.41, 5.74) is 1.63. The second kappa shape index (κ2) is 6.73. The van der Waals surface area contributed by atoms with E-state index in [1.165, 1.54) is 24.8 Å². The Labute approximate surface area is 124 Å². The van der Waals surface area contributed by atoms with Gasteiger partial charge in [0.25, 0.3) is 0 Å². The van der Waals surface area contributed by atoms with Gasteiger partial charge >= 0.3 is 0 Å². The summed E-state index contributed by atoms with van der Waals surface area (Å²) in [7, 11) is 2.06. The van der Waals surface area contributed by atoms with Gasteiger partial charge in [-0.3, -0.25) is 4.90 Å². The maximum Gasteiger partial charge on any atom is 0.0177 e. The summed E-state index contributed by atoms with van der Waals surface area (Å²) in [5.74, 6) is 0. The zero-order valence-corrected chi connectivity index (χ0v) is 13.5. The van der Waals surface area contributed by atoms with Crippen LogP contribution in [0.15, 0.2) is 30.3 Å². The predicted octanol–water partition coefficient (Wildman–Crippen LogP) is 3.43. The molecule has 1 fully saturated rings. The molecule has 20 heavy (non-hydrogen) atoms. The molecule has 1 N–H and O–H groups in total. The van der Waals surface area contributed by atoms with Gasteiger partial charge in [-0.25, -0.2) is 0 Å². The van der Waals surface area contributed by atoms with E-state index < -0.39 is 0 Å². The van der Waals surface area contributed by atoms with Crippen molar-refractivity contribution < 1.29 is 0 Å². The lowest BCUT2D eigenvalue weighted by molar-refractivity contribution is 0.154. The monoisotopic (exact) mass is 274 g/mol. The van der Waals surface area contributed by atoms with Crippen LogP contribution in [-0.2, 0) is 5.41 Å². The SMILES string of the molecule is CCC1CCC(C)N1CC(C)(CNC)c1ccccc1. The second-order valence-corrected chi connectivity index (χ2v) is 6.62. The smallest absolute Gasteiger partial charge is 0.0177 e. The quantitative estimate of drug-likeness (QED) is 0.855. The van der Waals surface area contributed by atoms with Gasteiger partial charge < -0.3 is 5.32 Å². The first-order chi connectivity index (χ1) is 9.60. The van der Waals surface area contributed by atoms with Gasteiger partial charge in [-0.05, 0) is 38.8 Å². The van der Waals surface area contributed by atoms with E-state index in [0.717, 1.165) is 25.2 Å². The number of hydrogen-bond acceptors (Lipinski definition) is 2. The van der Waals surface area contributed by atoms with Crippen molar-refractivity contribution >= 4 is 0 Å². The van der Waals surface area contributed by atoms with Gasteiger partial charge in [-0.15, -0.1) is 0 Å². The standard InChI is InChI=1S/C18H30N2/c1-5-17-12-11-15(2)20(17)14-18(3,13-19-4)16-9-7-6-8-10-16/h6-10,15,17,19H,5,11-14H2,1-4H3.